The minimum Gasteiger partial charge on any atom is -0.495 e. The molecule has 1 heterocycles. The van der Waals surface area contributed by atoms with Crippen molar-refractivity contribution in [3.05, 3.63) is 23.8 Å². The molecule has 0 bridgehead atoms. The SMILES string of the molecule is COc1ccc(C(=O)N(C)CCC(=O)O)cc1S(=O)(=O)N1CCCCCC1. The molecule has 2 rings (SSSR count). The Balaban J connectivity index is 2.34. The molecule has 0 spiro atoms. The van der Waals surface area contributed by atoms with Crippen molar-refractivity contribution in [2.24, 2.45) is 0 Å². The number of benzene rings is 1. The molecule has 9 heteroatoms. The Bertz CT molecular complexity index is 785. The number of rotatable bonds is 7. The number of carboxylic acid groups (broad SMARTS) is 1. The van der Waals surface area contributed by atoms with E-state index in [9.17, 15) is 18.0 Å². The Morgan fingerprint density at radius 3 is 2.37 bits per heavy atom. The van der Waals surface area contributed by atoms with E-state index in [0.29, 0.717) is 13.1 Å². The highest BCUT2D eigenvalue weighted by Crippen LogP contribution is 2.29. The smallest absolute Gasteiger partial charge is 0.305 e. The number of carbonyl (C=O) groups is 2. The third-order valence-corrected chi connectivity index (χ3v) is 6.52. The van der Waals surface area contributed by atoms with E-state index >= 15 is 0 Å². The summed E-state index contributed by atoms with van der Waals surface area (Å²) < 4.78 is 32.9. The number of sulfonamides is 1. The number of aliphatic carboxylic acids is 1. The highest BCUT2D eigenvalue weighted by Gasteiger charge is 2.29. The molecule has 1 fully saturated rings. The molecule has 0 aromatic heterocycles. The van der Waals surface area contributed by atoms with Crippen LogP contribution < -0.4 is 4.74 Å². The van der Waals surface area contributed by atoms with Gasteiger partial charge >= 0.3 is 5.97 Å². The first-order valence-electron chi connectivity index (χ1n) is 8.93. The van der Waals surface area contributed by atoms with Crippen molar-refractivity contribution in [1.29, 1.82) is 0 Å². The summed E-state index contributed by atoms with van der Waals surface area (Å²) in [5.74, 6) is -1.26. The van der Waals surface area contributed by atoms with Crippen LogP contribution in [0.4, 0.5) is 0 Å². The minimum atomic E-state index is -3.79. The first-order valence-corrected chi connectivity index (χ1v) is 10.4. The molecule has 0 atom stereocenters. The number of hydrogen-bond donors (Lipinski definition) is 1. The normalized spacial score (nSPS) is 15.8. The van der Waals surface area contributed by atoms with Gasteiger partial charge in [0, 0.05) is 32.2 Å². The number of carboxylic acids is 1. The predicted octanol–water partition coefficient (Wildman–Crippen LogP) is 1.81. The molecule has 1 N–H and O–H groups in total. The van der Waals surface area contributed by atoms with E-state index in [2.05, 4.69) is 0 Å². The Hall–Kier alpha value is -2.13. The fourth-order valence-electron chi connectivity index (χ4n) is 3.02. The number of ether oxygens (including phenoxy) is 1. The number of amides is 1. The average Bonchev–Trinajstić information content (AvgIpc) is 2.95. The lowest BCUT2D eigenvalue weighted by molar-refractivity contribution is -0.137. The summed E-state index contributed by atoms with van der Waals surface area (Å²) in [5, 5.41) is 8.76. The maximum atomic E-state index is 13.1. The molecule has 1 saturated heterocycles. The maximum absolute atomic E-state index is 13.1. The molecule has 0 radical (unpaired) electrons. The molecule has 1 aromatic rings. The molecule has 1 aliphatic rings. The number of carbonyl (C=O) groups excluding carboxylic acids is 1. The quantitative estimate of drug-likeness (QED) is 0.751. The Morgan fingerprint density at radius 2 is 1.81 bits per heavy atom. The first kappa shape index (κ1) is 21.2. The van der Waals surface area contributed by atoms with E-state index < -0.39 is 21.9 Å². The highest BCUT2D eigenvalue weighted by atomic mass is 32.2. The standard InChI is InChI=1S/C18H26N2O6S/c1-19(12-9-17(21)22)18(23)14-7-8-15(26-2)16(13-14)27(24,25)20-10-5-3-4-6-11-20/h7-8,13H,3-6,9-12H2,1-2H3,(H,21,22). The van der Waals surface area contributed by atoms with Crippen molar-refractivity contribution in [3.63, 3.8) is 0 Å². The summed E-state index contributed by atoms with van der Waals surface area (Å²) in [6.45, 7) is 0.929. The van der Waals surface area contributed by atoms with Crippen molar-refractivity contribution in [3.8, 4) is 5.75 Å². The summed E-state index contributed by atoms with van der Waals surface area (Å²) in [5.41, 5.74) is 0.178. The van der Waals surface area contributed by atoms with Gasteiger partial charge in [-0.2, -0.15) is 4.31 Å². The average molecular weight is 398 g/mol. The summed E-state index contributed by atoms with van der Waals surface area (Å²) in [7, 11) is -0.921. The van der Waals surface area contributed by atoms with Crippen LogP contribution in [0.5, 0.6) is 5.75 Å². The van der Waals surface area contributed by atoms with Gasteiger partial charge in [0.1, 0.15) is 10.6 Å². The van der Waals surface area contributed by atoms with Gasteiger partial charge in [0.25, 0.3) is 5.91 Å². The second-order valence-electron chi connectivity index (χ2n) is 6.55. The first-order chi connectivity index (χ1) is 12.8. The second kappa shape index (κ2) is 9.18. The molecule has 27 heavy (non-hydrogen) atoms. The van der Waals surface area contributed by atoms with Gasteiger partial charge in [0.05, 0.1) is 13.5 Å². The molecule has 150 valence electrons. The Morgan fingerprint density at radius 1 is 1.19 bits per heavy atom. The van der Waals surface area contributed by atoms with Gasteiger partial charge in [-0.3, -0.25) is 9.59 Å². The lowest BCUT2D eigenvalue weighted by atomic mass is 10.2. The van der Waals surface area contributed by atoms with Crippen LogP contribution in [0.1, 0.15) is 42.5 Å². The molecule has 1 amide bonds. The van der Waals surface area contributed by atoms with Gasteiger partial charge < -0.3 is 14.7 Å². The van der Waals surface area contributed by atoms with Crippen LogP contribution in [0, 0.1) is 0 Å². The molecule has 1 aromatic carbocycles. The van der Waals surface area contributed by atoms with Crippen LogP contribution in [0.15, 0.2) is 23.1 Å². The minimum absolute atomic E-state index is 0.0361. The van der Waals surface area contributed by atoms with E-state index in [4.69, 9.17) is 9.84 Å². The number of nitrogens with zero attached hydrogens (tertiary/aromatic N) is 2. The van der Waals surface area contributed by atoms with Crippen molar-refractivity contribution in [2.75, 3.05) is 33.8 Å². The molecule has 0 unspecified atom stereocenters. The Labute approximate surface area is 159 Å². The van der Waals surface area contributed by atoms with Crippen molar-refractivity contribution >= 4 is 21.9 Å². The summed E-state index contributed by atoms with van der Waals surface area (Å²) in [6, 6.07) is 4.27. The molecule has 0 aliphatic carbocycles. The van der Waals surface area contributed by atoms with Gasteiger partial charge in [-0.05, 0) is 31.0 Å². The van der Waals surface area contributed by atoms with Crippen LogP contribution in [0.25, 0.3) is 0 Å². The van der Waals surface area contributed by atoms with Crippen molar-refractivity contribution in [2.45, 2.75) is 37.0 Å². The van der Waals surface area contributed by atoms with Crippen molar-refractivity contribution < 1.29 is 27.9 Å². The zero-order valence-corrected chi connectivity index (χ0v) is 16.5. The molecule has 8 nitrogen and oxygen atoms in total. The van der Waals surface area contributed by atoms with Crippen LogP contribution in [-0.2, 0) is 14.8 Å². The van der Waals surface area contributed by atoms with E-state index in [1.54, 1.807) is 0 Å². The van der Waals surface area contributed by atoms with E-state index in [0.717, 1.165) is 25.7 Å². The molecular formula is C18H26N2O6S. The third-order valence-electron chi connectivity index (χ3n) is 4.60. The summed E-state index contributed by atoms with van der Waals surface area (Å²) >= 11 is 0. The van der Waals surface area contributed by atoms with E-state index in [-0.39, 0.29) is 29.2 Å². The van der Waals surface area contributed by atoms with E-state index in [1.807, 2.05) is 0 Å². The maximum Gasteiger partial charge on any atom is 0.305 e. The second-order valence-corrected chi connectivity index (χ2v) is 8.46. The summed E-state index contributed by atoms with van der Waals surface area (Å²) in [4.78, 5) is 24.5. The predicted molar refractivity (Wildman–Crippen MR) is 99.4 cm³/mol. The van der Waals surface area contributed by atoms with Crippen LogP contribution in [-0.4, -0.2) is 68.4 Å². The van der Waals surface area contributed by atoms with Gasteiger partial charge in [-0.15, -0.1) is 0 Å². The molecule has 1 aliphatic heterocycles. The van der Waals surface area contributed by atoms with Gasteiger partial charge in [0.2, 0.25) is 10.0 Å². The lowest BCUT2D eigenvalue weighted by Gasteiger charge is -2.22. The number of hydrogen-bond acceptors (Lipinski definition) is 5. The largest absolute Gasteiger partial charge is 0.495 e. The monoisotopic (exact) mass is 398 g/mol. The molecular weight excluding hydrogens is 372 g/mol. The third kappa shape index (κ3) is 5.20. The van der Waals surface area contributed by atoms with Gasteiger partial charge in [0.15, 0.2) is 0 Å². The van der Waals surface area contributed by atoms with Crippen LogP contribution in [0.2, 0.25) is 0 Å². The van der Waals surface area contributed by atoms with Crippen LogP contribution in [0.3, 0.4) is 0 Å². The van der Waals surface area contributed by atoms with Crippen LogP contribution >= 0.6 is 0 Å². The van der Waals surface area contributed by atoms with Crippen molar-refractivity contribution in [1.82, 2.24) is 9.21 Å². The fourth-order valence-corrected chi connectivity index (χ4v) is 4.72. The number of methoxy groups -OCH3 is 1. The van der Waals surface area contributed by atoms with Gasteiger partial charge in [-0.25, -0.2) is 8.42 Å². The highest BCUT2D eigenvalue weighted by molar-refractivity contribution is 7.89. The zero-order chi connectivity index (χ0) is 20.0. The van der Waals surface area contributed by atoms with Gasteiger partial charge in [-0.1, -0.05) is 12.8 Å². The Kier molecular flexibility index (Phi) is 7.20. The fraction of sp³-hybridized carbons (Fsp3) is 0.556. The summed E-state index contributed by atoms with van der Waals surface area (Å²) in [6.07, 6.45) is 3.42. The lowest BCUT2D eigenvalue weighted by Crippen LogP contribution is -2.33. The molecule has 0 saturated carbocycles. The van der Waals surface area contributed by atoms with E-state index in [1.165, 1.54) is 41.6 Å². The topological polar surface area (TPSA) is 104 Å². The zero-order valence-electron chi connectivity index (χ0n) is 15.7.